The molecule has 27 heavy (non-hydrogen) atoms. The van der Waals surface area contributed by atoms with Crippen molar-refractivity contribution in [2.24, 2.45) is 0 Å². The summed E-state index contributed by atoms with van der Waals surface area (Å²) in [4.78, 5) is 0. The third-order valence-electron chi connectivity index (χ3n) is 4.74. The Labute approximate surface area is 169 Å². The Kier molecular flexibility index (Phi) is 20.9. The zero-order chi connectivity index (χ0) is 20.1. The zero-order valence-corrected chi connectivity index (χ0v) is 19.4. The van der Waals surface area contributed by atoms with Crippen molar-refractivity contribution >= 4 is 7.82 Å². The average molecular weight is 407 g/mol. The SMILES string of the molecule is CCCCCCCCOP(=O)(OCCCCCCC)OCCCCCCC. The number of unbranched alkanes of at least 4 members (excludes halogenated alkanes) is 13. The summed E-state index contributed by atoms with van der Waals surface area (Å²) in [6.07, 6.45) is 18.5. The van der Waals surface area contributed by atoms with Gasteiger partial charge in [0.2, 0.25) is 0 Å². The van der Waals surface area contributed by atoms with Gasteiger partial charge in [-0.1, -0.05) is 104 Å². The van der Waals surface area contributed by atoms with E-state index in [0.717, 1.165) is 38.5 Å². The summed E-state index contributed by atoms with van der Waals surface area (Å²) in [5.41, 5.74) is 0. The normalized spacial score (nSPS) is 12.0. The molecule has 0 aromatic heterocycles. The Bertz CT molecular complexity index is 316. The molecule has 0 saturated carbocycles. The highest BCUT2D eigenvalue weighted by atomic mass is 31.2. The first-order valence-electron chi connectivity index (χ1n) is 11.7. The molecule has 0 atom stereocenters. The molecule has 0 spiro atoms. The molecule has 4 nitrogen and oxygen atoms in total. The van der Waals surface area contributed by atoms with Crippen LogP contribution in [0.4, 0.5) is 0 Å². The van der Waals surface area contributed by atoms with Crippen LogP contribution < -0.4 is 0 Å². The van der Waals surface area contributed by atoms with Crippen LogP contribution >= 0.6 is 7.82 Å². The summed E-state index contributed by atoms with van der Waals surface area (Å²) in [6, 6.07) is 0. The van der Waals surface area contributed by atoms with Crippen molar-refractivity contribution in [1.29, 1.82) is 0 Å². The maximum atomic E-state index is 12.9. The highest BCUT2D eigenvalue weighted by Gasteiger charge is 2.26. The zero-order valence-electron chi connectivity index (χ0n) is 18.5. The number of rotatable bonds is 22. The van der Waals surface area contributed by atoms with E-state index in [1.165, 1.54) is 64.2 Å². The van der Waals surface area contributed by atoms with Gasteiger partial charge in [-0.2, -0.15) is 0 Å². The first-order valence-corrected chi connectivity index (χ1v) is 13.2. The van der Waals surface area contributed by atoms with Gasteiger partial charge in [-0.05, 0) is 19.3 Å². The molecule has 0 aromatic carbocycles. The van der Waals surface area contributed by atoms with Gasteiger partial charge in [-0.15, -0.1) is 0 Å². The van der Waals surface area contributed by atoms with Gasteiger partial charge in [-0.25, -0.2) is 4.57 Å². The number of phosphoric ester groups is 1. The van der Waals surface area contributed by atoms with Crippen molar-refractivity contribution in [3.63, 3.8) is 0 Å². The topological polar surface area (TPSA) is 44.8 Å². The molecule has 0 fully saturated rings. The Hall–Kier alpha value is 0.110. The van der Waals surface area contributed by atoms with E-state index < -0.39 is 7.82 Å². The van der Waals surface area contributed by atoms with Gasteiger partial charge in [0.1, 0.15) is 0 Å². The van der Waals surface area contributed by atoms with Crippen molar-refractivity contribution in [2.75, 3.05) is 19.8 Å². The largest absolute Gasteiger partial charge is 0.474 e. The lowest BCUT2D eigenvalue weighted by Gasteiger charge is -2.18. The summed E-state index contributed by atoms with van der Waals surface area (Å²) in [5.74, 6) is 0. The van der Waals surface area contributed by atoms with Crippen LogP contribution in [0.2, 0.25) is 0 Å². The van der Waals surface area contributed by atoms with E-state index in [2.05, 4.69) is 20.8 Å². The van der Waals surface area contributed by atoms with E-state index in [0.29, 0.717) is 19.8 Å². The Morgan fingerprint density at radius 3 is 1.00 bits per heavy atom. The molecule has 0 rings (SSSR count). The molecule has 0 heterocycles. The highest BCUT2D eigenvalue weighted by molar-refractivity contribution is 7.48. The second-order valence-electron chi connectivity index (χ2n) is 7.54. The van der Waals surface area contributed by atoms with E-state index in [1.54, 1.807) is 0 Å². The van der Waals surface area contributed by atoms with Crippen LogP contribution in [0.25, 0.3) is 0 Å². The second-order valence-corrected chi connectivity index (χ2v) is 9.21. The van der Waals surface area contributed by atoms with E-state index in [4.69, 9.17) is 13.6 Å². The first kappa shape index (κ1) is 27.1. The number of hydrogen-bond acceptors (Lipinski definition) is 4. The van der Waals surface area contributed by atoms with Crippen molar-refractivity contribution in [2.45, 2.75) is 124 Å². The van der Waals surface area contributed by atoms with Crippen LogP contribution in [0.15, 0.2) is 0 Å². The van der Waals surface area contributed by atoms with Gasteiger partial charge >= 0.3 is 7.82 Å². The fraction of sp³-hybridized carbons (Fsp3) is 1.00. The minimum absolute atomic E-state index is 0.466. The van der Waals surface area contributed by atoms with Crippen molar-refractivity contribution in [3.05, 3.63) is 0 Å². The summed E-state index contributed by atoms with van der Waals surface area (Å²) in [6.45, 7) is 8.03. The molecule has 0 N–H and O–H groups in total. The summed E-state index contributed by atoms with van der Waals surface area (Å²) in [5, 5.41) is 0. The Morgan fingerprint density at radius 1 is 0.444 bits per heavy atom. The molecule has 0 unspecified atom stereocenters. The molecule has 0 saturated heterocycles. The smallest absolute Gasteiger partial charge is 0.287 e. The number of hydrogen-bond donors (Lipinski definition) is 0. The van der Waals surface area contributed by atoms with E-state index in [9.17, 15) is 4.57 Å². The fourth-order valence-electron chi connectivity index (χ4n) is 2.93. The van der Waals surface area contributed by atoms with E-state index in [-0.39, 0.29) is 0 Å². The highest BCUT2D eigenvalue weighted by Crippen LogP contribution is 2.50. The van der Waals surface area contributed by atoms with Crippen LogP contribution in [0.5, 0.6) is 0 Å². The molecule has 164 valence electrons. The van der Waals surface area contributed by atoms with Crippen molar-refractivity contribution in [3.8, 4) is 0 Å². The fourth-order valence-corrected chi connectivity index (χ4v) is 4.22. The van der Waals surface area contributed by atoms with Crippen molar-refractivity contribution < 1.29 is 18.1 Å². The molecule has 0 aromatic rings. The van der Waals surface area contributed by atoms with Crippen LogP contribution in [-0.2, 0) is 18.1 Å². The standard InChI is InChI=1S/C22H47O4P/c1-4-7-10-13-16-19-22-26-27(23,24-20-17-14-11-8-5-2)25-21-18-15-12-9-6-3/h4-22H2,1-3H3. The van der Waals surface area contributed by atoms with Crippen LogP contribution in [0, 0.1) is 0 Å². The average Bonchev–Trinajstić information content (AvgIpc) is 2.67. The molecular weight excluding hydrogens is 359 g/mol. The predicted molar refractivity (Wildman–Crippen MR) is 116 cm³/mol. The van der Waals surface area contributed by atoms with Crippen molar-refractivity contribution in [1.82, 2.24) is 0 Å². The minimum atomic E-state index is -3.39. The van der Waals surface area contributed by atoms with Gasteiger partial charge < -0.3 is 0 Å². The quantitative estimate of drug-likeness (QED) is 0.134. The van der Waals surface area contributed by atoms with Gasteiger partial charge in [-0.3, -0.25) is 13.6 Å². The van der Waals surface area contributed by atoms with Gasteiger partial charge in [0, 0.05) is 0 Å². The Balaban J connectivity index is 4.04. The lowest BCUT2D eigenvalue weighted by atomic mass is 10.1. The Morgan fingerprint density at radius 2 is 0.704 bits per heavy atom. The third-order valence-corrected chi connectivity index (χ3v) is 6.24. The van der Waals surface area contributed by atoms with E-state index in [1.807, 2.05) is 0 Å². The lowest BCUT2D eigenvalue weighted by molar-refractivity contribution is 0.108. The van der Waals surface area contributed by atoms with Gasteiger partial charge in [0.25, 0.3) is 0 Å². The summed E-state index contributed by atoms with van der Waals surface area (Å²) >= 11 is 0. The maximum Gasteiger partial charge on any atom is 0.474 e. The molecule has 0 aliphatic carbocycles. The predicted octanol–water partition coefficient (Wildman–Crippen LogP) is 8.45. The first-order chi connectivity index (χ1) is 13.2. The van der Waals surface area contributed by atoms with Gasteiger partial charge in [0.15, 0.2) is 0 Å². The lowest BCUT2D eigenvalue weighted by Crippen LogP contribution is -2.04. The summed E-state index contributed by atoms with van der Waals surface area (Å²) in [7, 11) is -3.39. The molecule has 0 radical (unpaired) electrons. The van der Waals surface area contributed by atoms with Gasteiger partial charge in [0.05, 0.1) is 19.8 Å². The minimum Gasteiger partial charge on any atom is -0.287 e. The summed E-state index contributed by atoms with van der Waals surface area (Å²) < 4.78 is 29.6. The van der Waals surface area contributed by atoms with Crippen LogP contribution in [0.3, 0.4) is 0 Å². The molecule has 5 heteroatoms. The van der Waals surface area contributed by atoms with Crippen LogP contribution in [0.1, 0.15) is 124 Å². The molecule has 0 bridgehead atoms. The third kappa shape index (κ3) is 19.2. The van der Waals surface area contributed by atoms with Crippen LogP contribution in [-0.4, -0.2) is 19.8 Å². The molecule has 0 aliphatic heterocycles. The second kappa shape index (κ2) is 20.8. The molecule has 0 amide bonds. The number of phosphoric acid groups is 1. The van der Waals surface area contributed by atoms with E-state index >= 15 is 0 Å². The maximum absolute atomic E-state index is 12.9. The molecular formula is C22H47O4P. The monoisotopic (exact) mass is 406 g/mol. The molecule has 0 aliphatic rings.